The van der Waals surface area contributed by atoms with Crippen LogP contribution >= 0.6 is 0 Å². The van der Waals surface area contributed by atoms with Gasteiger partial charge in [-0.1, -0.05) is 0 Å². The summed E-state index contributed by atoms with van der Waals surface area (Å²) in [6.45, 7) is 1.79. The number of aromatic nitrogens is 3. The fourth-order valence-corrected chi connectivity index (χ4v) is 3.96. The van der Waals surface area contributed by atoms with E-state index in [2.05, 4.69) is 19.7 Å². The summed E-state index contributed by atoms with van der Waals surface area (Å²) in [5.74, 6) is 1.13. The van der Waals surface area contributed by atoms with Crippen LogP contribution in [0.4, 0.5) is 5.69 Å². The Balaban J connectivity index is 1.62. The number of H-pyrrole nitrogens is 2. The van der Waals surface area contributed by atoms with Crippen LogP contribution in [0.5, 0.6) is 11.5 Å². The van der Waals surface area contributed by atoms with E-state index in [4.69, 9.17) is 4.74 Å². The van der Waals surface area contributed by atoms with E-state index in [1.165, 1.54) is 18.2 Å². The predicted molar refractivity (Wildman–Crippen MR) is 111 cm³/mol. The first-order valence-electron chi connectivity index (χ1n) is 8.79. The number of aromatic amines is 2. The Morgan fingerprint density at radius 3 is 2.60 bits per heavy atom. The molecule has 10 heteroatoms. The van der Waals surface area contributed by atoms with Gasteiger partial charge in [0.1, 0.15) is 11.5 Å². The lowest BCUT2D eigenvalue weighted by Gasteiger charge is -2.12. The first kappa shape index (κ1) is 19.4. The SMILES string of the molecule is Cc1cc(NS(=O)(=O)c2ccc3[nH]c(=O)[nH]c(=O)c3c2)ccc1Oc1cccnc1. The highest BCUT2D eigenvalue weighted by molar-refractivity contribution is 7.92. The first-order chi connectivity index (χ1) is 14.3. The Hall–Kier alpha value is -3.92. The van der Waals surface area contributed by atoms with Crippen LogP contribution in [-0.2, 0) is 10.0 Å². The minimum Gasteiger partial charge on any atom is -0.455 e. The van der Waals surface area contributed by atoms with Gasteiger partial charge in [-0.15, -0.1) is 0 Å². The van der Waals surface area contributed by atoms with E-state index in [0.717, 1.165) is 0 Å². The molecule has 0 aliphatic heterocycles. The Kier molecular flexibility index (Phi) is 4.84. The van der Waals surface area contributed by atoms with E-state index < -0.39 is 21.3 Å². The number of pyridine rings is 1. The maximum absolute atomic E-state index is 12.8. The molecule has 0 amide bonds. The van der Waals surface area contributed by atoms with E-state index in [1.54, 1.807) is 49.6 Å². The van der Waals surface area contributed by atoms with Gasteiger partial charge >= 0.3 is 5.69 Å². The summed E-state index contributed by atoms with van der Waals surface area (Å²) in [4.78, 5) is 31.7. The van der Waals surface area contributed by atoms with Gasteiger partial charge in [0, 0.05) is 11.9 Å². The van der Waals surface area contributed by atoms with Crippen LogP contribution in [0.1, 0.15) is 5.56 Å². The summed E-state index contributed by atoms with van der Waals surface area (Å²) in [6, 6.07) is 12.3. The van der Waals surface area contributed by atoms with E-state index >= 15 is 0 Å². The number of fused-ring (bicyclic) bond motifs is 1. The van der Waals surface area contributed by atoms with Crippen LogP contribution in [-0.4, -0.2) is 23.4 Å². The molecule has 0 atom stereocenters. The highest BCUT2D eigenvalue weighted by Gasteiger charge is 2.16. The molecule has 2 aromatic carbocycles. The van der Waals surface area contributed by atoms with Gasteiger partial charge in [0.2, 0.25) is 0 Å². The van der Waals surface area contributed by atoms with Crippen molar-refractivity contribution >= 4 is 26.6 Å². The molecule has 0 saturated carbocycles. The molecule has 0 aliphatic carbocycles. The molecule has 0 fully saturated rings. The number of aryl methyl sites for hydroxylation is 1. The highest BCUT2D eigenvalue weighted by atomic mass is 32.2. The number of nitrogens with zero attached hydrogens (tertiary/aromatic N) is 1. The van der Waals surface area contributed by atoms with Gasteiger partial charge in [0.05, 0.1) is 22.0 Å². The van der Waals surface area contributed by atoms with Crippen molar-refractivity contribution in [3.8, 4) is 11.5 Å². The highest BCUT2D eigenvalue weighted by Crippen LogP contribution is 2.28. The molecule has 152 valence electrons. The van der Waals surface area contributed by atoms with Crippen molar-refractivity contribution in [3.05, 3.63) is 87.3 Å². The van der Waals surface area contributed by atoms with Crippen LogP contribution < -0.4 is 20.7 Å². The van der Waals surface area contributed by atoms with E-state index in [1.807, 2.05) is 0 Å². The third-order valence-corrected chi connectivity index (χ3v) is 5.69. The zero-order chi connectivity index (χ0) is 21.3. The van der Waals surface area contributed by atoms with Crippen LogP contribution in [0.2, 0.25) is 0 Å². The Morgan fingerprint density at radius 1 is 1.03 bits per heavy atom. The van der Waals surface area contributed by atoms with Crippen molar-refractivity contribution in [1.29, 1.82) is 0 Å². The molecule has 9 nitrogen and oxygen atoms in total. The molecule has 0 aliphatic rings. The van der Waals surface area contributed by atoms with Crippen molar-refractivity contribution in [2.24, 2.45) is 0 Å². The second-order valence-electron chi connectivity index (χ2n) is 6.49. The summed E-state index contributed by atoms with van der Waals surface area (Å²) in [6.07, 6.45) is 3.21. The fourth-order valence-electron chi connectivity index (χ4n) is 2.89. The Labute approximate surface area is 170 Å². The van der Waals surface area contributed by atoms with Gasteiger partial charge in [0.15, 0.2) is 0 Å². The molecule has 0 radical (unpaired) electrons. The van der Waals surface area contributed by atoms with Gasteiger partial charge in [-0.3, -0.25) is 19.5 Å². The minimum absolute atomic E-state index is 0.0638. The smallest absolute Gasteiger partial charge is 0.326 e. The predicted octanol–water partition coefficient (Wildman–Crippen LogP) is 2.51. The van der Waals surface area contributed by atoms with Crippen molar-refractivity contribution in [2.45, 2.75) is 11.8 Å². The molecule has 3 N–H and O–H groups in total. The average molecular weight is 424 g/mol. The zero-order valence-electron chi connectivity index (χ0n) is 15.7. The normalized spacial score (nSPS) is 11.4. The van der Waals surface area contributed by atoms with Gasteiger partial charge in [-0.25, -0.2) is 13.2 Å². The number of rotatable bonds is 5. The molecule has 0 unspecified atom stereocenters. The molecule has 2 heterocycles. The Bertz CT molecular complexity index is 1460. The summed E-state index contributed by atoms with van der Waals surface area (Å²) < 4.78 is 33.8. The third-order valence-electron chi connectivity index (χ3n) is 4.31. The van der Waals surface area contributed by atoms with Gasteiger partial charge in [-0.2, -0.15) is 0 Å². The van der Waals surface area contributed by atoms with Crippen LogP contribution in [0.3, 0.4) is 0 Å². The lowest BCUT2D eigenvalue weighted by Crippen LogP contribution is -2.22. The average Bonchev–Trinajstić information content (AvgIpc) is 2.70. The van der Waals surface area contributed by atoms with Crippen molar-refractivity contribution < 1.29 is 13.2 Å². The fraction of sp³-hybridized carbons (Fsp3) is 0.0500. The van der Waals surface area contributed by atoms with Gasteiger partial charge in [-0.05, 0) is 61.0 Å². The molecule has 0 spiro atoms. The van der Waals surface area contributed by atoms with Crippen molar-refractivity contribution in [2.75, 3.05) is 4.72 Å². The third kappa shape index (κ3) is 3.94. The number of anilines is 1. The number of hydrogen-bond donors (Lipinski definition) is 3. The van der Waals surface area contributed by atoms with Gasteiger partial charge in [0.25, 0.3) is 15.6 Å². The molecule has 2 aromatic heterocycles. The number of ether oxygens (including phenoxy) is 1. The molecule has 4 rings (SSSR count). The molecular formula is C20H16N4O5S. The molecule has 4 aromatic rings. The van der Waals surface area contributed by atoms with Gasteiger partial charge < -0.3 is 9.72 Å². The standard InChI is InChI=1S/C20H16N4O5S/c1-12-9-13(4-7-18(12)29-14-3-2-8-21-11-14)24-30(27,28)15-5-6-17-16(10-15)19(25)23-20(26)22-17/h2-11,24H,1H3,(H2,22,23,25,26). The van der Waals surface area contributed by atoms with Crippen LogP contribution in [0, 0.1) is 6.92 Å². The van der Waals surface area contributed by atoms with E-state index in [0.29, 0.717) is 22.7 Å². The second-order valence-corrected chi connectivity index (χ2v) is 8.17. The maximum Gasteiger partial charge on any atom is 0.326 e. The molecular weight excluding hydrogens is 408 g/mol. The maximum atomic E-state index is 12.8. The summed E-state index contributed by atoms with van der Waals surface area (Å²) in [7, 11) is -3.97. The quantitative estimate of drug-likeness (QED) is 0.451. The zero-order valence-corrected chi connectivity index (χ0v) is 16.5. The number of benzene rings is 2. The molecule has 30 heavy (non-hydrogen) atoms. The molecule has 0 saturated heterocycles. The van der Waals surface area contributed by atoms with E-state index in [9.17, 15) is 18.0 Å². The topological polar surface area (TPSA) is 134 Å². The minimum atomic E-state index is -3.97. The summed E-state index contributed by atoms with van der Waals surface area (Å²) in [5, 5.41) is 0.0638. The number of nitrogens with one attached hydrogen (secondary N) is 3. The molecule has 0 bridgehead atoms. The lowest BCUT2D eigenvalue weighted by atomic mass is 10.2. The number of sulfonamides is 1. The first-order valence-corrected chi connectivity index (χ1v) is 10.3. The van der Waals surface area contributed by atoms with E-state index in [-0.39, 0.29) is 15.8 Å². The van der Waals surface area contributed by atoms with Crippen LogP contribution in [0.15, 0.2) is 75.4 Å². The summed E-state index contributed by atoms with van der Waals surface area (Å²) >= 11 is 0. The summed E-state index contributed by atoms with van der Waals surface area (Å²) in [5.41, 5.74) is -0.0348. The van der Waals surface area contributed by atoms with Crippen LogP contribution in [0.25, 0.3) is 10.9 Å². The van der Waals surface area contributed by atoms with Crippen molar-refractivity contribution in [1.82, 2.24) is 15.0 Å². The largest absolute Gasteiger partial charge is 0.455 e. The van der Waals surface area contributed by atoms with Crippen molar-refractivity contribution in [3.63, 3.8) is 0 Å². The Morgan fingerprint density at radius 2 is 1.87 bits per heavy atom. The monoisotopic (exact) mass is 424 g/mol. The number of hydrogen-bond acceptors (Lipinski definition) is 6. The lowest BCUT2D eigenvalue weighted by molar-refractivity contribution is 0.476. The second kappa shape index (κ2) is 7.48.